The van der Waals surface area contributed by atoms with Gasteiger partial charge in [-0.15, -0.1) is 0 Å². The Balaban J connectivity index is 0. The molecule has 0 radical (unpaired) electrons. The number of carbonyl (C=O) groups excluding carboxylic acids is 1. The summed E-state index contributed by atoms with van der Waals surface area (Å²) in [6, 6.07) is -0.736. The third-order valence-electron chi connectivity index (χ3n) is 4.33. The fraction of sp³-hybridized carbons (Fsp3) is 0.889. The molecule has 0 saturated carbocycles. The molecule has 1 unspecified atom stereocenters. The number of carbonyl (C=O) groups is 2. The van der Waals surface area contributed by atoms with Gasteiger partial charge in [0.1, 0.15) is 6.04 Å². The van der Waals surface area contributed by atoms with Gasteiger partial charge in [-0.25, -0.2) is 4.79 Å². The van der Waals surface area contributed by atoms with Gasteiger partial charge >= 0.3 is 57.4 Å². The van der Waals surface area contributed by atoms with Crippen LogP contribution in [0.15, 0.2) is 0 Å². The Hall–Kier alpha value is 0.576. The quantitative estimate of drug-likeness (QED) is 0.380. The van der Waals surface area contributed by atoms with E-state index in [2.05, 4.69) is 6.92 Å². The predicted molar refractivity (Wildman–Crippen MR) is 98.1 cm³/mol. The molecule has 0 aliphatic carbocycles. The molecule has 0 rings (SSSR count). The molecule has 0 aromatic heterocycles. The minimum absolute atomic E-state index is 0. The van der Waals surface area contributed by atoms with Crippen molar-refractivity contribution in [3.05, 3.63) is 0 Å². The van der Waals surface area contributed by atoms with Crippen molar-refractivity contribution in [2.75, 3.05) is 7.05 Å². The summed E-state index contributed by atoms with van der Waals surface area (Å²) in [6.07, 6.45) is 14.2. The van der Waals surface area contributed by atoms with Crippen molar-refractivity contribution in [3.63, 3.8) is 0 Å². The second kappa shape index (κ2) is 17.4. The van der Waals surface area contributed by atoms with Gasteiger partial charge < -0.3 is 10.0 Å². The summed E-state index contributed by atoms with van der Waals surface area (Å²) in [6.45, 7) is 3.78. The average Bonchev–Trinajstić information content (AvgIpc) is 2.50. The molecule has 132 valence electrons. The second-order valence-corrected chi connectivity index (χ2v) is 6.30. The average molecular weight is 354 g/mol. The molecule has 1 N–H and O–H groups in total. The predicted octanol–water partition coefficient (Wildman–Crippen LogP) is 3.97. The van der Waals surface area contributed by atoms with Gasteiger partial charge in [-0.2, -0.15) is 0 Å². The van der Waals surface area contributed by atoms with Crippen LogP contribution in [-0.4, -0.2) is 86.4 Å². The van der Waals surface area contributed by atoms with Gasteiger partial charge in [-0.05, 0) is 13.3 Å². The number of unbranched alkanes of at least 4 members (excludes halogenated alkanes) is 10. The Morgan fingerprint density at radius 3 is 1.65 bits per heavy atom. The van der Waals surface area contributed by atoms with Crippen molar-refractivity contribution in [3.8, 4) is 0 Å². The van der Waals surface area contributed by atoms with Crippen LogP contribution < -0.4 is 0 Å². The number of nitrogens with zero attached hydrogens (tertiary/aromatic N) is 1. The number of likely N-dealkylation sites (N-methyl/N-ethyl adjacent to an activating group) is 1. The minimum atomic E-state index is -0.949. The third kappa shape index (κ3) is 14.6. The Kier molecular flexibility index (Phi) is 19.5. The normalized spacial score (nSPS) is 11.6. The molecule has 0 heterocycles. The first-order valence-electron chi connectivity index (χ1n) is 8.99. The van der Waals surface area contributed by atoms with Gasteiger partial charge in [0.05, 0.1) is 0 Å². The van der Waals surface area contributed by atoms with Crippen molar-refractivity contribution in [2.24, 2.45) is 0 Å². The first-order valence-corrected chi connectivity index (χ1v) is 8.99. The molecule has 1 atom stereocenters. The number of hydrogen-bond donors (Lipinski definition) is 1. The van der Waals surface area contributed by atoms with E-state index in [1.165, 1.54) is 62.7 Å². The third-order valence-corrected chi connectivity index (χ3v) is 4.33. The fourth-order valence-corrected chi connectivity index (χ4v) is 2.50. The summed E-state index contributed by atoms with van der Waals surface area (Å²) in [5.74, 6) is -1.01. The standard InChI is InChI=1S/C18H35NO3.K.H/c1-4-5-6-7-8-9-10-11-12-13-14-15-17(20)19(3)16(2)18(21)22;;/h16H,4-15H2,1-3H3,(H,21,22);;. The van der Waals surface area contributed by atoms with Crippen LogP contribution in [0.1, 0.15) is 90.9 Å². The van der Waals surface area contributed by atoms with E-state index in [0.29, 0.717) is 6.42 Å². The molecule has 1 amide bonds. The topological polar surface area (TPSA) is 57.6 Å². The van der Waals surface area contributed by atoms with E-state index < -0.39 is 12.0 Å². The molecule has 5 heteroatoms. The van der Waals surface area contributed by atoms with E-state index in [1.54, 1.807) is 14.0 Å². The van der Waals surface area contributed by atoms with Gasteiger partial charge in [-0.3, -0.25) is 4.79 Å². The van der Waals surface area contributed by atoms with Crippen LogP contribution in [-0.2, 0) is 9.59 Å². The first-order chi connectivity index (χ1) is 10.5. The molecular formula is C18H36KNO3. The second-order valence-electron chi connectivity index (χ2n) is 6.30. The Bertz CT molecular complexity index is 311. The molecule has 0 aromatic rings. The van der Waals surface area contributed by atoms with E-state index in [0.717, 1.165) is 12.8 Å². The molecule has 0 spiro atoms. The number of carboxylic acid groups (broad SMARTS) is 1. The summed E-state index contributed by atoms with van der Waals surface area (Å²) in [5.41, 5.74) is 0. The van der Waals surface area contributed by atoms with E-state index >= 15 is 0 Å². The van der Waals surface area contributed by atoms with Gasteiger partial charge in [0, 0.05) is 13.5 Å². The van der Waals surface area contributed by atoms with Crippen molar-refractivity contribution >= 4 is 63.3 Å². The van der Waals surface area contributed by atoms with Crippen LogP contribution in [0, 0.1) is 0 Å². The summed E-state index contributed by atoms with van der Waals surface area (Å²) < 4.78 is 0. The van der Waals surface area contributed by atoms with Crippen molar-refractivity contribution < 1.29 is 14.7 Å². The van der Waals surface area contributed by atoms with Crippen molar-refractivity contribution in [1.82, 2.24) is 4.90 Å². The Labute approximate surface area is 185 Å². The summed E-state index contributed by atoms with van der Waals surface area (Å²) in [4.78, 5) is 24.0. The molecule has 0 aliphatic rings. The summed E-state index contributed by atoms with van der Waals surface area (Å²) in [7, 11) is 1.57. The van der Waals surface area contributed by atoms with Gasteiger partial charge in [0.2, 0.25) is 5.91 Å². The van der Waals surface area contributed by atoms with Crippen LogP contribution in [0.3, 0.4) is 0 Å². The van der Waals surface area contributed by atoms with E-state index in [1.807, 2.05) is 0 Å². The molecule has 0 aliphatic heterocycles. The maximum atomic E-state index is 11.8. The molecule has 0 saturated heterocycles. The van der Waals surface area contributed by atoms with Gasteiger partial charge in [-0.1, -0.05) is 71.1 Å². The van der Waals surface area contributed by atoms with Crippen molar-refractivity contribution in [2.45, 2.75) is 96.9 Å². The van der Waals surface area contributed by atoms with Gasteiger partial charge in [0.15, 0.2) is 0 Å². The fourth-order valence-electron chi connectivity index (χ4n) is 2.50. The van der Waals surface area contributed by atoms with Gasteiger partial charge in [0.25, 0.3) is 0 Å². The monoisotopic (exact) mass is 353 g/mol. The van der Waals surface area contributed by atoms with E-state index in [4.69, 9.17) is 5.11 Å². The van der Waals surface area contributed by atoms with E-state index in [9.17, 15) is 9.59 Å². The molecule has 0 bridgehead atoms. The zero-order valence-electron chi connectivity index (χ0n) is 14.8. The Morgan fingerprint density at radius 1 is 0.870 bits per heavy atom. The van der Waals surface area contributed by atoms with E-state index in [-0.39, 0.29) is 57.3 Å². The first kappa shape index (κ1) is 25.8. The maximum absolute atomic E-state index is 11.8. The summed E-state index contributed by atoms with van der Waals surface area (Å²) >= 11 is 0. The number of hydrogen-bond acceptors (Lipinski definition) is 2. The molecular weight excluding hydrogens is 317 g/mol. The molecule has 0 aromatic carbocycles. The number of aliphatic carboxylic acids is 1. The summed E-state index contributed by atoms with van der Waals surface area (Å²) in [5, 5.41) is 8.87. The zero-order chi connectivity index (χ0) is 16.8. The van der Waals surface area contributed by atoms with Crippen LogP contribution >= 0.6 is 0 Å². The van der Waals surface area contributed by atoms with Crippen LogP contribution in [0.25, 0.3) is 0 Å². The number of rotatable bonds is 14. The number of carboxylic acids is 1. The van der Waals surface area contributed by atoms with Crippen LogP contribution in [0.5, 0.6) is 0 Å². The zero-order valence-corrected chi connectivity index (χ0v) is 14.8. The van der Waals surface area contributed by atoms with Crippen LogP contribution in [0.4, 0.5) is 0 Å². The molecule has 23 heavy (non-hydrogen) atoms. The van der Waals surface area contributed by atoms with Crippen LogP contribution in [0.2, 0.25) is 0 Å². The molecule has 4 nitrogen and oxygen atoms in total. The SMILES string of the molecule is CCCCCCCCCCCCCC(=O)N(C)C(C)C(=O)O.[KH]. The number of amides is 1. The Morgan fingerprint density at radius 2 is 1.26 bits per heavy atom. The van der Waals surface area contributed by atoms with Crippen molar-refractivity contribution in [1.29, 1.82) is 0 Å². The molecule has 0 fully saturated rings.